The molecule has 1 spiro atoms. The van der Waals surface area contributed by atoms with Crippen LogP contribution in [0, 0.1) is 11.6 Å². The number of ether oxygens (including phenoxy) is 2. The first-order chi connectivity index (χ1) is 15.8. The van der Waals surface area contributed by atoms with E-state index in [-0.39, 0.29) is 27.5 Å². The molecule has 178 valence electrons. The average molecular weight is 497 g/mol. The van der Waals surface area contributed by atoms with Gasteiger partial charge >= 0.3 is 0 Å². The minimum Gasteiger partial charge on any atom is -0.348 e. The highest BCUT2D eigenvalue weighted by Gasteiger charge is 2.40. The Morgan fingerprint density at radius 1 is 0.758 bits per heavy atom. The first kappa shape index (κ1) is 24.6. The van der Waals surface area contributed by atoms with Gasteiger partial charge in [0.2, 0.25) is 0 Å². The van der Waals surface area contributed by atoms with Crippen LogP contribution in [0.1, 0.15) is 74.3 Å². The molecule has 2 aromatic carbocycles. The molecule has 3 aliphatic rings. The normalized spacial score (nSPS) is 21.2. The van der Waals surface area contributed by atoms with Gasteiger partial charge in [-0.1, -0.05) is 35.3 Å². The Labute approximate surface area is 203 Å². The van der Waals surface area contributed by atoms with Crippen LogP contribution < -0.4 is 0 Å². The second kappa shape index (κ2) is 10.8. The van der Waals surface area contributed by atoms with Crippen LogP contribution in [-0.4, -0.2) is 24.8 Å². The van der Waals surface area contributed by atoms with Crippen molar-refractivity contribution in [2.45, 2.75) is 69.0 Å². The number of benzene rings is 2. The lowest BCUT2D eigenvalue weighted by molar-refractivity contribution is -0.178. The Hall–Kier alpha value is -1.53. The summed E-state index contributed by atoms with van der Waals surface area (Å²) in [7, 11) is 0. The fourth-order valence-electron chi connectivity index (χ4n) is 4.98. The summed E-state index contributed by atoms with van der Waals surface area (Å²) in [5.41, 5.74) is 2.17. The molecule has 33 heavy (non-hydrogen) atoms. The monoisotopic (exact) mass is 496 g/mol. The van der Waals surface area contributed by atoms with Crippen molar-refractivity contribution in [2.24, 2.45) is 0 Å². The van der Waals surface area contributed by atoms with Crippen LogP contribution in [-0.2, 0) is 14.3 Å². The van der Waals surface area contributed by atoms with Gasteiger partial charge in [-0.05, 0) is 72.9 Å². The van der Waals surface area contributed by atoms with E-state index in [1.54, 1.807) is 18.2 Å². The molecule has 3 fully saturated rings. The highest BCUT2D eigenvalue weighted by Crippen LogP contribution is 2.42. The first-order valence-electron chi connectivity index (χ1n) is 11.5. The van der Waals surface area contributed by atoms with Gasteiger partial charge in [-0.15, -0.1) is 0 Å². The van der Waals surface area contributed by atoms with E-state index in [2.05, 4.69) is 0 Å². The van der Waals surface area contributed by atoms with Gasteiger partial charge in [-0.3, -0.25) is 4.79 Å². The van der Waals surface area contributed by atoms with E-state index in [1.807, 2.05) is 6.07 Å². The molecular weight excluding hydrogens is 469 g/mol. The maximum absolute atomic E-state index is 13.1. The number of hydrogen-bond donors (Lipinski definition) is 0. The third-order valence-corrected chi connectivity index (χ3v) is 7.51. The van der Waals surface area contributed by atoms with Crippen molar-refractivity contribution in [3.8, 4) is 0 Å². The topological polar surface area (TPSA) is 35.5 Å². The molecular formula is C26H28Cl2F2O3. The highest BCUT2D eigenvalue weighted by atomic mass is 35.5. The van der Waals surface area contributed by atoms with Gasteiger partial charge in [0, 0.05) is 25.7 Å². The number of hydrogen-bond acceptors (Lipinski definition) is 3. The quantitative estimate of drug-likeness (QED) is 0.429. The smallest absolute Gasteiger partial charge is 0.168 e. The molecule has 5 rings (SSSR count). The van der Waals surface area contributed by atoms with Gasteiger partial charge in [-0.25, -0.2) is 8.78 Å². The summed E-state index contributed by atoms with van der Waals surface area (Å²) in [6.07, 6.45) is 6.82. The lowest BCUT2D eigenvalue weighted by Crippen LogP contribution is -2.34. The van der Waals surface area contributed by atoms with Gasteiger partial charge < -0.3 is 9.47 Å². The van der Waals surface area contributed by atoms with Crippen molar-refractivity contribution in [3.63, 3.8) is 0 Å². The maximum Gasteiger partial charge on any atom is 0.168 e. The summed E-state index contributed by atoms with van der Waals surface area (Å²) in [6.45, 7) is 1.40. The molecule has 7 heteroatoms. The molecule has 2 aromatic rings. The second-order valence-corrected chi connectivity index (χ2v) is 9.86. The number of ketones is 1. The standard InChI is InChI=1S/C14H16ClFO2.C12H12ClFO/c15-12-9-11(1-2-13(12)16)10-3-5-14(6-4-10)17-7-8-18-14;13-11-7-9(3-6-12(11)14)8-1-4-10(15)5-2-8/h1-2,9-10H,3-8H2;3,6-8H,1-2,4-5H2. The van der Waals surface area contributed by atoms with E-state index in [0.717, 1.165) is 49.7 Å². The molecule has 0 N–H and O–H groups in total. The second-order valence-electron chi connectivity index (χ2n) is 9.04. The molecule has 0 aromatic heterocycles. The van der Waals surface area contributed by atoms with E-state index in [1.165, 1.54) is 12.1 Å². The van der Waals surface area contributed by atoms with Gasteiger partial charge in [-0.2, -0.15) is 0 Å². The molecule has 0 atom stereocenters. The molecule has 2 saturated carbocycles. The minimum absolute atomic E-state index is 0.171. The van der Waals surface area contributed by atoms with Gasteiger partial charge in [0.15, 0.2) is 5.79 Å². The molecule has 0 unspecified atom stereocenters. The maximum atomic E-state index is 13.1. The molecule has 3 nitrogen and oxygen atoms in total. The minimum atomic E-state index is -0.382. The van der Waals surface area contributed by atoms with E-state index < -0.39 is 0 Å². The number of rotatable bonds is 2. The SMILES string of the molecule is Fc1ccc(C2CCC3(CC2)OCCO3)cc1Cl.O=C1CCC(c2ccc(F)c(Cl)c2)CC1. The van der Waals surface area contributed by atoms with Gasteiger partial charge in [0.25, 0.3) is 0 Å². The summed E-state index contributed by atoms with van der Waals surface area (Å²) in [6, 6.07) is 9.87. The van der Waals surface area contributed by atoms with Gasteiger partial charge in [0.1, 0.15) is 17.4 Å². The zero-order chi connectivity index (χ0) is 23.4. The van der Waals surface area contributed by atoms with Crippen LogP contribution in [0.3, 0.4) is 0 Å². The van der Waals surface area contributed by atoms with Crippen molar-refractivity contribution >= 4 is 29.0 Å². The third-order valence-electron chi connectivity index (χ3n) is 6.93. The molecule has 2 aliphatic carbocycles. The van der Waals surface area contributed by atoms with E-state index >= 15 is 0 Å². The number of Topliss-reactive ketones (excluding diaryl/α,β-unsaturated/α-hetero) is 1. The van der Waals surface area contributed by atoms with Crippen LogP contribution in [0.15, 0.2) is 36.4 Å². The van der Waals surface area contributed by atoms with E-state index in [0.29, 0.717) is 43.7 Å². The van der Waals surface area contributed by atoms with Crippen LogP contribution in [0.2, 0.25) is 10.0 Å². The molecule has 0 amide bonds. The average Bonchev–Trinajstić information content (AvgIpc) is 3.27. The number of carbonyl (C=O) groups is 1. The molecule has 0 bridgehead atoms. The lowest BCUT2D eigenvalue weighted by Gasteiger charge is -2.35. The Bertz CT molecular complexity index is 971. The Morgan fingerprint density at radius 2 is 1.21 bits per heavy atom. The lowest BCUT2D eigenvalue weighted by atomic mass is 9.81. The van der Waals surface area contributed by atoms with Gasteiger partial charge in [0.05, 0.1) is 23.3 Å². The van der Waals surface area contributed by atoms with Crippen LogP contribution >= 0.6 is 23.2 Å². The van der Waals surface area contributed by atoms with E-state index in [9.17, 15) is 13.6 Å². The molecule has 1 aliphatic heterocycles. The van der Waals surface area contributed by atoms with E-state index in [4.69, 9.17) is 32.7 Å². The summed E-state index contributed by atoms with van der Waals surface area (Å²) < 4.78 is 37.5. The Kier molecular flexibility index (Phi) is 8.06. The fourth-order valence-corrected chi connectivity index (χ4v) is 5.36. The fraction of sp³-hybridized carbons (Fsp3) is 0.500. The largest absolute Gasteiger partial charge is 0.348 e. The third kappa shape index (κ3) is 6.13. The molecule has 1 saturated heterocycles. The highest BCUT2D eigenvalue weighted by molar-refractivity contribution is 6.31. The van der Waals surface area contributed by atoms with Crippen LogP contribution in [0.5, 0.6) is 0 Å². The molecule has 1 heterocycles. The first-order valence-corrected chi connectivity index (χ1v) is 12.3. The predicted octanol–water partition coefficient (Wildman–Crippen LogP) is 7.59. The van der Waals surface area contributed by atoms with Crippen molar-refractivity contribution in [1.29, 1.82) is 0 Å². The van der Waals surface area contributed by atoms with Crippen molar-refractivity contribution in [3.05, 3.63) is 69.2 Å². The predicted molar refractivity (Wildman–Crippen MR) is 125 cm³/mol. The van der Waals surface area contributed by atoms with Crippen LogP contribution in [0.4, 0.5) is 8.78 Å². The van der Waals surface area contributed by atoms with Crippen molar-refractivity contribution in [2.75, 3.05) is 13.2 Å². The zero-order valence-electron chi connectivity index (χ0n) is 18.4. The summed E-state index contributed by atoms with van der Waals surface area (Å²) in [4.78, 5) is 11.1. The molecule has 0 radical (unpaired) electrons. The van der Waals surface area contributed by atoms with Crippen LogP contribution in [0.25, 0.3) is 0 Å². The zero-order valence-corrected chi connectivity index (χ0v) is 19.9. The van der Waals surface area contributed by atoms with Crippen molar-refractivity contribution in [1.82, 2.24) is 0 Å². The summed E-state index contributed by atoms with van der Waals surface area (Å²) >= 11 is 11.5. The Balaban J connectivity index is 0.000000160. The number of halogens is 4. The number of carbonyl (C=O) groups excluding carboxylic acids is 1. The summed E-state index contributed by atoms with van der Waals surface area (Å²) in [5.74, 6) is 0.0598. The van der Waals surface area contributed by atoms with Crippen molar-refractivity contribution < 1.29 is 23.0 Å². The summed E-state index contributed by atoms with van der Waals surface area (Å²) in [5, 5.41) is 0.380. The Morgan fingerprint density at radius 3 is 1.67 bits per heavy atom.